The van der Waals surface area contributed by atoms with Crippen LogP contribution in [0.15, 0.2) is 12.2 Å². The molecule has 22 heavy (non-hydrogen) atoms. The predicted octanol–water partition coefficient (Wildman–Crippen LogP) is 1.95. The number of hydrogen-bond acceptors (Lipinski definition) is 4. The summed E-state index contributed by atoms with van der Waals surface area (Å²) in [5.74, 6) is 0.260. The van der Waals surface area contributed by atoms with Gasteiger partial charge in [-0.1, -0.05) is 20.3 Å². The van der Waals surface area contributed by atoms with Crippen LogP contribution in [0, 0.1) is 5.92 Å². The monoisotopic (exact) mass is 312 g/mol. The van der Waals surface area contributed by atoms with Crippen molar-refractivity contribution in [1.29, 1.82) is 0 Å². The van der Waals surface area contributed by atoms with Crippen molar-refractivity contribution in [2.24, 2.45) is 5.92 Å². The van der Waals surface area contributed by atoms with Crippen LogP contribution in [0.2, 0.25) is 0 Å². The van der Waals surface area contributed by atoms with Gasteiger partial charge in [0.2, 0.25) is 5.91 Å². The predicted molar refractivity (Wildman–Crippen MR) is 84.5 cm³/mol. The lowest BCUT2D eigenvalue weighted by Crippen LogP contribution is -2.41. The van der Waals surface area contributed by atoms with Gasteiger partial charge in [-0.15, -0.1) is 0 Å². The molecule has 0 radical (unpaired) electrons. The SMILES string of the molecule is CCC(C)C(C)NC(=O)C=CC(C)OC(=O)N1CCOCC1. The second-order valence-corrected chi connectivity index (χ2v) is 5.73. The summed E-state index contributed by atoms with van der Waals surface area (Å²) < 4.78 is 10.5. The Bertz CT molecular complexity index is 392. The maximum Gasteiger partial charge on any atom is 0.410 e. The summed E-state index contributed by atoms with van der Waals surface area (Å²) in [6.45, 7) is 10.1. The van der Waals surface area contributed by atoms with Crippen LogP contribution in [-0.4, -0.2) is 55.3 Å². The molecule has 1 rings (SSSR count). The van der Waals surface area contributed by atoms with Crippen LogP contribution in [0.5, 0.6) is 0 Å². The topological polar surface area (TPSA) is 67.9 Å². The quantitative estimate of drug-likeness (QED) is 0.761. The van der Waals surface area contributed by atoms with Crippen molar-refractivity contribution < 1.29 is 19.1 Å². The number of nitrogens with one attached hydrogen (secondary N) is 1. The van der Waals surface area contributed by atoms with Crippen LogP contribution in [0.3, 0.4) is 0 Å². The molecule has 0 spiro atoms. The van der Waals surface area contributed by atoms with Gasteiger partial charge < -0.3 is 19.7 Å². The van der Waals surface area contributed by atoms with Gasteiger partial charge in [0.25, 0.3) is 0 Å². The smallest absolute Gasteiger partial charge is 0.410 e. The summed E-state index contributed by atoms with van der Waals surface area (Å²) in [6, 6.07) is 0.119. The summed E-state index contributed by atoms with van der Waals surface area (Å²) in [7, 11) is 0. The third kappa shape index (κ3) is 6.47. The Hall–Kier alpha value is -1.56. The van der Waals surface area contributed by atoms with Crippen molar-refractivity contribution in [1.82, 2.24) is 10.2 Å². The van der Waals surface area contributed by atoms with Gasteiger partial charge in [-0.3, -0.25) is 4.79 Å². The molecule has 1 aliphatic rings. The molecule has 0 saturated carbocycles. The van der Waals surface area contributed by atoms with Crippen LogP contribution in [0.1, 0.15) is 34.1 Å². The fourth-order valence-electron chi connectivity index (χ4n) is 2.01. The zero-order chi connectivity index (χ0) is 16.5. The van der Waals surface area contributed by atoms with Crippen LogP contribution < -0.4 is 5.32 Å². The van der Waals surface area contributed by atoms with E-state index < -0.39 is 6.10 Å². The van der Waals surface area contributed by atoms with Gasteiger partial charge in [0.15, 0.2) is 0 Å². The minimum absolute atomic E-state index is 0.119. The van der Waals surface area contributed by atoms with E-state index in [2.05, 4.69) is 19.2 Å². The lowest BCUT2D eigenvalue weighted by molar-refractivity contribution is -0.117. The lowest BCUT2D eigenvalue weighted by Gasteiger charge is -2.26. The molecule has 126 valence electrons. The highest BCUT2D eigenvalue weighted by Crippen LogP contribution is 2.07. The number of carbonyl (C=O) groups is 2. The molecule has 1 aliphatic heterocycles. The molecule has 2 amide bonds. The average molecular weight is 312 g/mol. The fraction of sp³-hybridized carbons (Fsp3) is 0.750. The van der Waals surface area contributed by atoms with Crippen molar-refractivity contribution in [2.75, 3.05) is 26.3 Å². The number of carbonyl (C=O) groups excluding carboxylic acids is 2. The maximum absolute atomic E-state index is 11.9. The molecular formula is C16H28N2O4. The molecule has 6 nitrogen and oxygen atoms in total. The Morgan fingerprint density at radius 2 is 1.91 bits per heavy atom. The van der Waals surface area contributed by atoms with Crippen LogP contribution in [-0.2, 0) is 14.3 Å². The Labute approximate surface area is 132 Å². The zero-order valence-electron chi connectivity index (χ0n) is 14.0. The standard InChI is InChI=1S/C16H28N2O4/c1-5-12(2)14(4)17-15(19)7-6-13(3)22-16(20)18-8-10-21-11-9-18/h6-7,12-14H,5,8-11H2,1-4H3,(H,17,19). The summed E-state index contributed by atoms with van der Waals surface area (Å²) in [4.78, 5) is 25.3. The molecular weight excluding hydrogens is 284 g/mol. The van der Waals surface area contributed by atoms with Crippen molar-refractivity contribution in [3.05, 3.63) is 12.2 Å². The summed E-state index contributed by atoms with van der Waals surface area (Å²) in [5, 5.41) is 2.91. The molecule has 0 bridgehead atoms. The Morgan fingerprint density at radius 3 is 2.50 bits per heavy atom. The molecule has 0 aromatic carbocycles. The van der Waals surface area contributed by atoms with Gasteiger partial charge in [0.05, 0.1) is 13.2 Å². The number of amides is 2. The number of ether oxygens (including phenoxy) is 2. The normalized spacial score (nSPS) is 19.5. The molecule has 1 fully saturated rings. The zero-order valence-corrected chi connectivity index (χ0v) is 14.0. The van der Waals surface area contributed by atoms with E-state index in [0.29, 0.717) is 32.2 Å². The van der Waals surface area contributed by atoms with E-state index >= 15 is 0 Å². The molecule has 6 heteroatoms. The van der Waals surface area contributed by atoms with Crippen molar-refractivity contribution >= 4 is 12.0 Å². The number of hydrogen-bond donors (Lipinski definition) is 1. The summed E-state index contributed by atoms with van der Waals surface area (Å²) in [6.07, 6.45) is 3.22. The van der Waals surface area contributed by atoms with E-state index in [1.54, 1.807) is 17.9 Å². The first-order valence-corrected chi connectivity index (χ1v) is 7.96. The second kappa shape index (κ2) is 9.46. The van der Waals surface area contributed by atoms with E-state index in [1.807, 2.05) is 6.92 Å². The van der Waals surface area contributed by atoms with Crippen LogP contribution in [0.4, 0.5) is 4.79 Å². The van der Waals surface area contributed by atoms with E-state index in [-0.39, 0.29) is 18.0 Å². The number of rotatable bonds is 6. The maximum atomic E-state index is 11.9. The summed E-state index contributed by atoms with van der Waals surface area (Å²) in [5.41, 5.74) is 0. The third-order valence-corrected chi connectivity index (χ3v) is 3.94. The highest BCUT2D eigenvalue weighted by atomic mass is 16.6. The second-order valence-electron chi connectivity index (χ2n) is 5.73. The van der Waals surface area contributed by atoms with Crippen molar-refractivity contribution in [3.8, 4) is 0 Å². The van der Waals surface area contributed by atoms with Gasteiger partial charge in [-0.05, 0) is 25.8 Å². The van der Waals surface area contributed by atoms with Gasteiger partial charge in [-0.2, -0.15) is 0 Å². The van der Waals surface area contributed by atoms with Crippen molar-refractivity contribution in [3.63, 3.8) is 0 Å². The van der Waals surface area contributed by atoms with Gasteiger partial charge in [-0.25, -0.2) is 4.79 Å². The molecule has 3 atom stereocenters. The van der Waals surface area contributed by atoms with Gasteiger partial charge in [0.1, 0.15) is 6.10 Å². The van der Waals surface area contributed by atoms with Gasteiger partial charge in [0, 0.05) is 25.2 Å². The first kappa shape index (κ1) is 18.5. The van der Waals surface area contributed by atoms with E-state index in [4.69, 9.17) is 9.47 Å². The Morgan fingerprint density at radius 1 is 1.27 bits per heavy atom. The molecule has 1 saturated heterocycles. The van der Waals surface area contributed by atoms with Gasteiger partial charge >= 0.3 is 6.09 Å². The van der Waals surface area contributed by atoms with E-state index in [0.717, 1.165) is 6.42 Å². The molecule has 1 heterocycles. The largest absolute Gasteiger partial charge is 0.442 e. The number of morpholine rings is 1. The molecule has 0 aliphatic carbocycles. The minimum atomic E-state index is -0.444. The van der Waals surface area contributed by atoms with E-state index in [1.165, 1.54) is 6.08 Å². The highest BCUT2D eigenvalue weighted by Gasteiger charge is 2.19. The van der Waals surface area contributed by atoms with Crippen LogP contribution >= 0.6 is 0 Å². The number of nitrogens with zero attached hydrogens (tertiary/aromatic N) is 1. The Balaban J connectivity index is 2.34. The first-order chi connectivity index (χ1) is 10.4. The highest BCUT2D eigenvalue weighted by molar-refractivity contribution is 5.87. The van der Waals surface area contributed by atoms with E-state index in [9.17, 15) is 9.59 Å². The summed E-state index contributed by atoms with van der Waals surface area (Å²) >= 11 is 0. The third-order valence-electron chi connectivity index (χ3n) is 3.94. The molecule has 1 N–H and O–H groups in total. The average Bonchev–Trinajstić information content (AvgIpc) is 2.52. The fourth-order valence-corrected chi connectivity index (χ4v) is 2.01. The molecule has 3 unspecified atom stereocenters. The lowest BCUT2D eigenvalue weighted by atomic mass is 10.0. The Kier molecular flexibility index (Phi) is 7.95. The minimum Gasteiger partial charge on any atom is -0.442 e. The molecule has 0 aromatic rings. The molecule has 0 aromatic heterocycles. The van der Waals surface area contributed by atoms with Crippen LogP contribution in [0.25, 0.3) is 0 Å². The first-order valence-electron chi connectivity index (χ1n) is 7.96. The van der Waals surface area contributed by atoms with Crippen molar-refractivity contribution in [2.45, 2.75) is 46.3 Å².